The molecule has 0 saturated carbocycles. The lowest BCUT2D eigenvalue weighted by molar-refractivity contribution is -0.0882. The summed E-state index contributed by atoms with van der Waals surface area (Å²) in [5.74, 6) is -0.566. The highest BCUT2D eigenvalue weighted by Gasteiger charge is 2.27. The molecule has 1 fully saturated rings. The summed E-state index contributed by atoms with van der Waals surface area (Å²) in [6.45, 7) is 7.38. The Bertz CT molecular complexity index is 499. The van der Waals surface area contributed by atoms with E-state index in [1.54, 1.807) is 12.1 Å². The number of methoxy groups -OCH3 is 1. The van der Waals surface area contributed by atoms with Gasteiger partial charge >= 0.3 is 5.97 Å². The summed E-state index contributed by atoms with van der Waals surface area (Å²) in [6.07, 6.45) is 0. The van der Waals surface area contributed by atoms with Crippen molar-refractivity contribution in [3.8, 4) is 5.75 Å². The second-order valence-electron chi connectivity index (χ2n) is 5.66. The topological polar surface area (TPSA) is 59.0 Å². The van der Waals surface area contributed by atoms with E-state index in [0.29, 0.717) is 5.75 Å². The third-order valence-corrected chi connectivity index (χ3v) is 3.41. The summed E-state index contributed by atoms with van der Waals surface area (Å²) in [5, 5.41) is 9.07. The second kappa shape index (κ2) is 5.81. The first-order valence-corrected chi connectivity index (χ1v) is 6.68. The molecule has 1 aromatic rings. The van der Waals surface area contributed by atoms with E-state index in [4.69, 9.17) is 14.6 Å². The summed E-state index contributed by atoms with van der Waals surface area (Å²) in [6, 6.07) is 5.24. The molecule has 20 heavy (non-hydrogen) atoms. The molecule has 1 saturated heterocycles. The van der Waals surface area contributed by atoms with E-state index in [1.165, 1.54) is 7.11 Å². The highest BCUT2D eigenvalue weighted by Crippen LogP contribution is 2.23. The van der Waals surface area contributed by atoms with Gasteiger partial charge in [-0.2, -0.15) is 0 Å². The predicted octanol–water partition coefficient (Wildman–Crippen LogP) is 2.00. The number of hydrogen-bond acceptors (Lipinski definition) is 4. The molecule has 5 nitrogen and oxygen atoms in total. The van der Waals surface area contributed by atoms with Crippen LogP contribution in [0.1, 0.15) is 29.8 Å². The van der Waals surface area contributed by atoms with Crippen molar-refractivity contribution in [2.45, 2.75) is 26.0 Å². The van der Waals surface area contributed by atoms with Gasteiger partial charge in [0.15, 0.2) is 0 Å². The Morgan fingerprint density at radius 2 is 2.25 bits per heavy atom. The van der Waals surface area contributed by atoms with Gasteiger partial charge in [-0.3, -0.25) is 4.90 Å². The number of nitrogens with zero attached hydrogens (tertiary/aromatic N) is 1. The van der Waals surface area contributed by atoms with Crippen molar-refractivity contribution in [3.63, 3.8) is 0 Å². The third-order valence-electron chi connectivity index (χ3n) is 3.41. The highest BCUT2D eigenvalue weighted by atomic mass is 16.5. The zero-order chi connectivity index (χ0) is 14.8. The molecule has 1 aromatic carbocycles. The maximum Gasteiger partial charge on any atom is 0.339 e. The molecule has 0 atom stereocenters. The van der Waals surface area contributed by atoms with Crippen LogP contribution in [0.5, 0.6) is 5.75 Å². The number of hydrogen-bond donors (Lipinski definition) is 1. The largest absolute Gasteiger partial charge is 0.496 e. The van der Waals surface area contributed by atoms with Crippen LogP contribution in [0.25, 0.3) is 0 Å². The fraction of sp³-hybridized carbons (Fsp3) is 0.533. The highest BCUT2D eigenvalue weighted by molar-refractivity contribution is 5.90. The van der Waals surface area contributed by atoms with Gasteiger partial charge in [0, 0.05) is 19.6 Å². The second-order valence-corrected chi connectivity index (χ2v) is 5.66. The molecule has 0 radical (unpaired) electrons. The van der Waals surface area contributed by atoms with Crippen LogP contribution >= 0.6 is 0 Å². The van der Waals surface area contributed by atoms with E-state index in [0.717, 1.165) is 31.8 Å². The predicted molar refractivity (Wildman–Crippen MR) is 75.3 cm³/mol. The van der Waals surface area contributed by atoms with Crippen molar-refractivity contribution < 1.29 is 19.4 Å². The Labute approximate surface area is 119 Å². The number of carbonyl (C=O) groups is 1. The Morgan fingerprint density at radius 3 is 2.85 bits per heavy atom. The molecule has 1 aliphatic rings. The van der Waals surface area contributed by atoms with E-state index < -0.39 is 5.97 Å². The normalized spacial score (nSPS) is 18.8. The van der Waals surface area contributed by atoms with Gasteiger partial charge in [0.1, 0.15) is 11.3 Å². The van der Waals surface area contributed by atoms with Crippen LogP contribution in [0.4, 0.5) is 0 Å². The fourth-order valence-electron chi connectivity index (χ4n) is 2.52. The van der Waals surface area contributed by atoms with Gasteiger partial charge in [-0.15, -0.1) is 0 Å². The first-order valence-electron chi connectivity index (χ1n) is 6.68. The molecular formula is C15H21NO4. The number of benzene rings is 1. The average molecular weight is 279 g/mol. The van der Waals surface area contributed by atoms with Crippen LogP contribution in [0, 0.1) is 0 Å². The van der Waals surface area contributed by atoms with E-state index in [1.807, 2.05) is 6.07 Å². The zero-order valence-electron chi connectivity index (χ0n) is 12.2. The average Bonchev–Trinajstić information content (AvgIpc) is 2.37. The number of carboxylic acid groups (broad SMARTS) is 1. The van der Waals surface area contributed by atoms with Crippen molar-refractivity contribution in [2.24, 2.45) is 0 Å². The van der Waals surface area contributed by atoms with Gasteiger partial charge < -0.3 is 14.6 Å². The molecule has 0 amide bonds. The first kappa shape index (κ1) is 14.8. The number of carboxylic acids is 1. The molecule has 5 heteroatoms. The lowest BCUT2D eigenvalue weighted by atomic mass is 10.1. The molecule has 1 heterocycles. The fourth-order valence-corrected chi connectivity index (χ4v) is 2.52. The smallest absolute Gasteiger partial charge is 0.339 e. The standard InChI is InChI=1S/C15H21NO4/c1-15(2)10-16(6-7-20-15)9-11-4-5-12(14(17)18)13(8-11)19-3/h4-5,8H,6-7,9-10H2,1-3H3,(H,17,18). The molecular weight excluding hydrogens is 258 g/mol. The number of aromatic carboxylic acids is 1. The summed E-state index contributed by atoms with van der Waals surface area (Å²) >= 11 is 0. The van der Waals surface area contributed by atoms with Crippen molar-refractivity contribution in [1.82, 2.24) is 4.90 Å². The van der Waals surface area contributed by atoms with E-state index in [2.05, 4.69) is 18.7 Å². The Hall–Kier alpha value is -1.59. The quantitative estimate of drug-likeness (QED) is 0.913. The third kappa shape index (κ3) is 3.49. The summed E-state index contributed by atoms with van der Waals surface area (Å²) < 4.78 is 10.8. The Morgan fingerprint density at radius 1 is 1.50 bits per heavy atom. The molecule has 0 spiro atoms. The van der Waals surface area contributed by atoms with Crippen LogP contribution in [0.3, 0.4) is 0 Å². The molecule has 0 aliphatic carbocycles. The van der Waals surface area contributed by atoms with Crippen molar-refractivity contribution in [2.75, 3.05) is 26.8 Å². The van der Waals surface area contributed by atoms with Crippen LogP contribution in [-0.4, -0.2) is 48.4 Å². The minimum absolute atomic E-state index is 0.136. The van der Waals surface area contributed by atoms with Gasteiger partial charge in [0.05, 0.1) is 19.3 Å². The lowest BCUT2D eigenvalue weighted by Gasteiger charge is -2.38. The van der Waals surface area contributed by atoms with E-state index in [9.17, 15) is 4.79 Å². The zero-order valence-corrected chi connectivity index (χ0v) is 12.2. The Balaban J connectivity index is 2.12. The number of ether oxygens (including phenoxy) is 2. The van der Waals surface area contributed by atoms with Gasteiger partial charge in [-0.1, -0.05) is 6.07 Å². The summed E-state index contributed by atoms with van der Waals surface area (Å²) in [4.78, 5) is 13.4. The molecule has 0 bridgehead atoms. The molecule has 1 N–H and O–H groups in total. The van der Waals surface area contributed by atoms with Crippen molar-refractivity contribution >= 4 is 5.97 Å². The van der Waals surface area contributed by atoms with Crippen LogP contribution in [0.2, 0.25) is 0 Å². The number of rotatable bonds is 4. The van der Waals surface area contributed by atoms with Gasteiger partial charge in [0.25, 0.3) is 0 Å². The van der Waals surface area contributed by atoms with Crippen molar-refractivity contribution in [3.05, 3.63) is 29.3 Å². The maximum atomic E-state index is 11.1. The minimum Gasteiger partial charge on any atom is -0.496 e. The van der Waals surface area contributed by atoms with Crippen LogP contribution in [-0.2, 0) is 11.3 Å². The molecule has 2 rings (SSSR count). The van der Waals surface area contributed by atoms with Crippen molar-refractivity contribution in [1.29, 1.82) is 0 Å². The van der Waals surface area contributed by atoms with Crippen LogP contribution in [0.15, 0.2) is 18.2 Å². The van der Waals surface area contributed by atoms with Gasteiger partial charge in [-0.05, 0) is 31.5 Å². The SMILES string of the molecule is COc1cc(CN2CCOC(C)(C)C2)ccc1C(=O)O. The van der Waals surface area contributed by atoms with Crippen LogP contribution < -0.4 is 4.74 Å². The first-order chi connectivity index (χ1) is 9.41. The maximum absolute atomic E-state index is 11.1. The monoisotopic (exact) mass is 279 g/mol. The minimum atomic E-state index is -0.971. The molecule has 0 aromatic heterocycles. The van der Waals surface area contributed by atoms with Gasteiger partial charge in [-0.25, -0.2) is 4.79 Å². The molecule has 1 aliphatic heterocycles. The van der Waals surface area contributed by atoms with Gasteiger partial charge in [0.2, 0.25) is 0 Å². The molecule has 0 unspecified atom stereocenters. The molecule has 110 valence electrons. The lowest BCUT2D eigenvalue weighted by Crippen LogP contribution is -2.47. The summed E-state index contributed by atoms with van der Waals surface area (Å²) in [5.41, 5.74) is 1.10. The Kier molecular flexibility index (Phi) is 4.30. The summed E-state index contributed by atoms with van der Waals surface area (Å²) in [7, 11) is 1.49. The van der Waals surface area contributed by atoms with E-state index >= 15 is 0 Å². The number of morpholine rings is 1. The van der Waals surface area contributed by atoms with E-state index in [-0.39, 0.29) is 11.2 Å².